The van der Waals surface area contributed by atoms with Gasteiger partial charge in [-0.1, -0.05) is 19.1 Å². The van der Waals surface area contributed by atoms with Crippen molar-refractivity contribution < 1.29 is 5.11 Å². The van der Waals surface area contributed by atoms with E-state index >= 15 is 0 Å². The van der Waals surface area contributed by atoms with E-state index in [0.717, 1.165) is 62.9 Å². The molecule has 0 saturated carbocycles. The number of benzene rings is 1. The lowest BCUT2D eigenvalue weighted by atomic mass is 9.89. The van der Waals surface area contributed by atoms with Crippen LogP contribution in [0.2, 0.25) is 0 Å². The number of aromatic amines is 1. The number of hydrogen-bond donors (Lipinski definition) is 2. The maximum Gasteiger partial charge on any atom is 0.326 e. The first-order valence-electron chi connectivity index (χ1n) is 8.23. The molecule has 120 valence electrons. The van der Waals surface area contributed by atoms with Gasteiger partial charge in [-0.3, -0.25) is 4.57 Å². The van der Waals surface area contributed by atoms with Crippen LogP contribution in [0.5, 0.6) is 0 Å². The molecule has 0 bridgehead atoms. The minimum Gasteiger partial charge on any atom is -0.390 e. The molecule has 1 aromatic heterocycles. The Morgan fingerprint density at radius 3 is 2.68 bits per heavy atom. The van der Waals surface area contributed by atoms with Crippen molar-refractivity contribution in [2.24, 2.45) is 0 Å². The molecule has 0 spiro atoms. The smallest absolute Gasteiger partial charge is 0.326 e. The molecule has 5 heteroatoms. The quantitative estimate of drug-likeness (QED) is 0.887. The normalized spacial score (nSPS) is 18.8. The number of hydrogen-bond acceptors (Lipinski definition) is 3. The third-order valence-corrected chi connectivity index (χ3v) is 4.98. The third-order valence-electron chi connectivity index (χ3n) is 4.98. The Hall–Kier alpha value is -1.59. The number of aromatic nitrogens is 2. The van der Waals surface area contributed by atoms with Gasteiger partial charge in [0.1, 0.15) is 0 Å². The van der Waals surface area contributed by atoms with E-state index in [-0.39, 0.29) is 5.69 Å². The van der Waals surface area contributed by atoms with Crippen molar-refractivity contribution in [3.8, 4) is 0 Å². The molecule has 0 atom stereocenters. The van der Waals surface area contributed by atoms with Crippen LogP contribution in [-0.4, -0.2) is 44.8 Å². The molecule has 2 aromatic rings. The zero-order chi connectivity index (χ0) is 15.6. The molecule has 2 heterocycles. The Balaban J connectivity index is 1.55. The van der Waals surface area contributed by atoms with Crippen molar-refractivity contribution in [1.29, 1.82) is 0 Å². The average Bonchev–Trinajstić information content (AvgIpc) is 2.85. The van der Waals surface area contributed by atoms with Gasteiger partial charge >= 0.3 is 5.69 Å². The van der Waals surface area contributed by atoms with Crippen molar-refractivity contribution >= 4 is 11.0 Å². The van der Waals surface area contributed by atoms with Crippen molar-refractivity contribution in [2.75, 3.05) is 19.6 Å². The van der Waals surface area contributed by atoms with E-state index in [2.05, 4.69) is 16.8 Å². The summed E-state index contributed by atoms with van der Waals surface area (Å²) in [7, 11) is 0. The van der Waals surface area contributed by atoms with Crippen LogP contribution in [0.25, 0.3) is 11.0 Å². The number of rotatable bonds is 5. The number of aliphatic hydroxyl groups is 1. The number of H-pyrrole nitrogens is 1. The fraction of sp³-hybridized carbons (Fsp3) is 0.588. The molecule has 0 aliphatic carbocycles. The van der Waals surface area contributed by atoms with Crippen LogP contribution in [0, 0.1) is 0 Å². The SMILES string of the molecule is CCC1(O)CCN(CCCn2c(=O)[nH]c3ccccc32)CC1. The van der Waals surface area contributed by atoms with Crippen molar-refractivity contribution in [3.63, 3.8) is 0 Å². The molecule has 5 nitrogen and oxygen atoms in total. The highest BCUT2D eigenvalue weighted by Gasteiger charge is 2.29. The number of piperidine rings is 1. The summed E-state index contributed by atoms with van der Waals surface area (Å²) >= 11 is 0. The molecular formula is C17H25N3O2. The number of fused-ring (bicyclic) bond motifs is 1. The highest BCUT2D eigenvalue weighted by molar-refractivity contribution is 5.74. The summed E-state index contributed by atoms with van der Waals surface area (Å²) in [6.45, 7) is 5.67. The molecule has 22 heavy (non-hydrogen) atoms. The number of aryl methyl sites for hydroxylation is 1. The van der Waals surface area contributed by atoms with E-state index in [1.807, 2.05) is 28.8 Å². The van der Waals surface area contributed by atoms with Gasteiger partial charge in [-0.15, -0.1) is 0 Å². The third kappa shape index (κ3) is 3.10. The molecule has 0 amide bonds. The second kappa shape index (κ2) is 6.26. The van der Waals surface area contributed by atoms with E-state index in [9.17, 15) is 9.90 Å². The number of imidazole rings is 1. The van der Waals surface area contributed by atoms with Gasteiger partial charge in [-0.25, -0.2) is 4.79 Å². The molecule has 0 radical (unpaired) electrons. The highest BCUT2D eigenvalue weighted by atomic mass is 16.3. The Morgan fingerprint density at radius 1 is 1.23 bits per heavy atom. The van der Waals surface area contributed by atoms with Gasteiger partial charge in [-0.2, -0.15) is 0 Å². The fourth-order valence-electron chi connectivity index (χ4n) is 3.33. The summed E-state index contributed by atoms with van der Waals surface area (Å²) in [6, 6.07) is 7.81. The maximum atomic E-state index is 12.0. The molecule has 1 fully saturated rings. The number of nitrogens with zero attached hydrogens (tertiary/aromatic N) is 2. The average molecular weight is 303 g/mol. The first-order valence-corrected chi connectivity index (χ1v) is 8.23. The molecule has 0 unspecified atom stereocenters. The Bertz CT molecular complexity index is 681. The topological polar surface area (TPSA) is 61.3 Å². The van der Waals surface area contributed by atoms with Gasteiger partial charge < -0.3 is 15.0 Å². The summed E-state index contributed by atoms with van der Waals surface area (Å²) in [6.07, 6.45) is 3.50. The van der Waals surface area contributed by atoms with E-state index < -0.39 is 5.60 Å². The lowest BCUT2D eigenvalue weighted by Crippen LogP contribution is -2.44. The van der Waals surface area contributed by atoms with Gasteiger partial charge in [-0.05, 0) is 44.4 Å². The van der Waals surface area contributed by atoms with Crippen LogP contribution in [0.1, 0.15) is 32.6 Å². The first-order chi connectivity index (χ1) is 10.6. The predicted octanol–water partition coefficient (Wildman–Crippen LogP) is 1.96. The second-order valence-electron chi connectivity index (χ2n) is 6.37. The standard InChI is InChI=1S/C17H25N3O2/c1-2-17(22)8-12-19(13-9-17)10-5-11-20-15-7-4-3-6-14(15)18-16(20)21/h3-4,6-7,22H,2,5,8-13H2,1H3,(H,18,21). The van der Waals surface area contributed by atoms with Crippen LogP contribution < -0.4 is 5.69 Å². The summed E-state index contributed by atoms with van der Waals surface area (Å²) in [5, 5.41) is 10.3. The van der Waals surface area contributed by atoms with Crippen LogP contribution in [0.4, 0.5) is 0 Å². The monoisotopic (exact) mass is 303 g/mol. The molecule has 1 aliphatic heterocycles. The minimum absolute atomic E-state index is 0.0276. The summed E-state index contributed by atoms with van der Waals surface area (Å²) in [4.78, 5) is 17.3. The van der Waals surface area contributed by atoms with E-state index in [1.54, 1.807) is 0 Å². The zero-order valence-electron chi connectivity index (χ0n) is 13.2. The minimum atomic E-state index is -0.454. The predicted molar refractivity (Wildman–Crippen MR) is 88.1 cm³/mol. The van der Waals surface area contributed by atoms with Gasteiger partial charge in [0.15, 0.2) is 0 Å². The molecule has 1 aliphatic rings. The van der Waals surface area contributed by atoms with Crippen LogP contribution >= 0.6 is 0 Å². The zero-order valence-corrected chi connectivity index (χ0v) is 13.2. The van der Waals surface area contributed by atoms with Crippen molar-refractivity contribution in [2.45, 2.75) is 44.8 Å². The Labute approximate surface area is 130 Å². The van der Waals surface area contributed by atoms with Gasteiger partial charge in [0, 0.05) is 19.6 Å². The molecule has 3 rings (SSSR count). The Kier molecular flexibility index (Phi) is 4.36. The van der Waals surface area contributed by atoms with Gasteiger partial charge in [0.25, 0.3) is 0 Å². The summed E-state index contributed by atoms with van der Waals surface area (Å²) in [5.41, 5.74) is 1.40. The second-order valence-corrected chi connectivity index (χ2v) is 6.37. The summed E-state index contributed by atoms with van der Waals surface area (Å²) < 4.78 is 1.82. The molecule has 1 saturated heterocycles. The highest BCUT2D eigenvalue weighted by Crippen LogP contribution is 2.25. The van der Waals surface area contributed by atoms with E-state index in [1.165, 1.54) is 0 Å². The first kappa shape index (κ1) is 15.3. The molecular weight excluding hydrogens is 278 g/mol. The van der Waals surface area contributed by atoms with E-state index in [4.69, 9.17) is 0 Å². The van der Waals surface area contributed by atoms with E-state index in [0.29, 0.717) is 0 Å². The maximum absolute atomic E-state index is 12.0. The van der Waals surface area contributed by atoms with Crippen molar-refractivity contribution in [1.82, 2.24) is 14.5 Å². The van der Waals surface area contributed by atoms with Gasteiger partial charge in [0.2, 0.25) is 0 Å². The van der Waals surface area contributed by atoms with Crippen LogP contribution in [-0.2, 0) is 6.54 Å². The largest absolute Gasteiger partial charge is 0.390 e. The van der Waals surface area contributed by atoms with Crippen LogP contribution in [0.15, 0.2) is 29.1 Å². The molecule has 2 N–H and O–H groups in total. The molecule has 1 aromatic carbocycles. The fourth-order valence-corrected chi connectivity index (χ4v) is 3.33. The Morgan fingerprint density at radius 2 is 1.95 bits per heavy atom. The lowest BCUT2D eigenvalue weighted by molar-refractivity contribution is -0.0241. The van der Waals surface area contributed by atoms with Gasteiger partial charge in [0.05, 0.1) is 16.6 Å². The number of likely N-dealkylation sites (tertiary alicyclic amines) is 1. The number of nitrogens with one attached hydrogen (secondary N) is 1. The number of para-hydroxylation sites is 2. The van der Waals surface area contributed by atoms with Crippen molar-refractivity contribution in [3.05, 3.63) is 34.7 Å². The lowest BCUT2D eigenvalue weighted by Gasteiger charge is -2.37. The summed E-state index contributed by atoms with van der Waals surface area (Å²) in [5.74, 6) is 0. The van der Waals surface area contributed by atoms with Crippen LogP contribution in [0.3, 0.4) is 0 Å².